The van der Waals surface area contributed by atoms with Crippen LogP contribution < -0.4 is 21.2 Å². The minimum Gasteiger partial charge on any atom is -0.603 e. The van der Waals surface area contributed by atoms with Gasteiger partial charge in [-0.2, -0.15) is 5.43 Å². The second kappa shape index (κ2) is 9.84. The number of para-hydroxylation sites is 4. The quantitative estimate of drug-likeness (QED) is 0.192. The summed E-state index contributed by atoms with van der Waals surface area (Å²) in [5.41, 5.74) is 6.10. The summed E-state index contributed by atoms with van der Waals surface area (Å²) >= 11 is 0. The first-order chi connectivity index (χ1) is 16.7. The Bertz CT molecular complexity index is 1370. The number of nitrogens with zero attached hydrogens (tertiary/aromatic N) is 2. The SMILES string of the molecule is O=C(NCCOCCN=C1Nc2ccccc2[NH+]([O-])N1)c1cccc2cc3ccccc3nc12. The highest BCUT2D eigenvalue weighted by atomic mass is 16.5. The largest absolute Gasteiger partial charge is 0.603 e. The number of benzene rings is 3. The third-order valence-electron chi connectivity index (χ3n) is 5.49. The molecule has 9 heteroatoms. The van der Waals surface area contributed by atoms with Crippen LogP contribution in [0, 0.1) is 5.21 Å². The number of aliphatic imine (C=N–C) groups is 1. The number of amides is 1. The molecule has 1 aliphatic heterocycles. The van der Waals surface area contributed by atoms with E-state index in [2.05, 4.69) is 26.0 Å². The molecular weight excluding hydrogens is 432 g/mol. The van der Waals surface area contributed by atoms with Gasteiger partial charge in [0, 0.05) is 23.4 Å². The van der Waals surface area contributed by atoms with Crippen molar-refractivity contribution in [3.05, 3.63) is 83.6 Å². The average molecular weight is 457 g/mol. The van der Waals surface area contributed by atoms with Gasteiger partial charge in [0.2, 0.25) is 5.96 Å². The number of anilines is 1. The van der Waals surface area contributed by atoms with E-state index in [0.29, 0.717) is 49.0 Å². The van der Waals surface area contributed by atoms with Crippen LogP contribution in [0.1, 0.15) is 10.4 Å². The molecule has 172 valence electrons. The Morgan fingerprint density at radius 2 is 1.85 bits per heavy atom. The Morgan fingerprint density at radius 3 is 2.79 bits per heavy atom. The summed E-state index contributed by atoms with van der Waals surface area (Å²) in [6, 6.07) is 22.7. The van der Waals surface area contributed by atoms with Crippen molar-refractivity contribution in [1.82, 2.24) is 15.7 Å². The molecular formula is C25H24N6O3. The number of rotatable bonds is 7. The van der Waals surface area contributed by atoms with E-state index in [4.69, 9.17) is 4.74 Å². The maximum atomic E-state index is 12.7. The molecule has 34 heavy (non-hydrogen) atoms. The molecule has 1 atom stereocenters. The third kappa shape index (κ3) is 4.67. The van der Waals surface area contributed by atoms with E-state index in [1.165, 1.54) is 0 Å². The minimum atomic E-state index is -0.190. The van der Waals surface area contributed by atoms with Gasteiger partial charge in [-0.1, -0.05) is 42.5 Å². The number of quaternary nitrogens is 1. The van der Waals surface area contributed by atoms with Crippen LogP contribution in [0.4, 0.5) is 11.4 Å². The van der Waals surface area contributed by atoms with Gasteiger partial charge >= 0.3 is 0 Å². The van der Waals surface area contributed by atoms with Gasteiger partial charge in [-0.05, 0) is 24.3 Å². The van der Waals surface area contributed by atoms with Gasteiger partial charge < -0.3 is 20.6 Å². The number of ether oxygens (including phenoxy) is 1. The average Bonchev–Trinajstić information content (AvgIpc) is 2.86. The van der Waals surface area contributed by atoms with Crippen molar-refractivity contribution in [2.45, 2.75) is 0 Å². The molecule has 2 heterocycles. The van der Waals surface area contributed by atoms with Crippen LogP contribution in [0.2, 0.25) is 0 Å². The molecule has 0 aliphatic carbocycles. The van der Waals surface area contributed by atoms with Crippen LogP contribution >= 0.6 is 0 Å². The molecule has 0 bridgehead atoms. The molecule has 1 aromatic heterocycles. The summed E-state index contributed by atoms with van der Waals surface area (Å²) in [6.07, 6.45) is 0. The zero-order chi connectivity index (χ0) is 23.3. The first-order valence-corrected chi connectivity index (χ1v) is 11.1. The molecule has 4 N–H and O–H groups in total. The molecule has 1 aliphatic rings. The number of pyridine rings is 1. The van der Waals surface area contributed by atoms with Gasteiger partial charge in [-0.3, -0.25) is 4.79 Å². The summed E-state index contributed by atoms with van der Waals surface area (Å²) in [7, 11) is 0. The standard InChI is InChI=1S/C25H24N6O3/c32-24(19-8-5-7-18-16-17-6-1-2-9-20(17)28-23(18)19)26-12-14-34-15-13-27-25-29-21-10-3-4-11-22(21)31(33)30-25/h1-11,16,31H,12-15H2,(H,26,32)(H2,27,29,30). The fourth-order valence-corrected chi connectivity index (χ4v) is 3.84. The summed E-state index contributed by atoms with van der Waals surface area (Å²) < 4.78 is 5.57. The van der Waals surface area contributed by atoms with Crippen molar-refractivity contribution in [3.8, 4) is 0 Å². The Labute approximate surface area is 196 Å². The first-order valence-electron chi connectivity index (χ1n) is 11.1. The van der Waals surface area contributed by atoms with Crippen LogP contribution in [0.15, 0.2) is 77.8 Å². The summed E-state index contributed by atoms with van der Waals surface area (Å²) in [5, 5.41) is 19.8. The summed E-state index contributed by atoms with van der Waals surface area (Å²) in [6.45, 7) is 1.45. The predicted octanol–water partition coefficient (Wildman–Crippen LogP) is 2.13. The molecule has 1 unspecified atom stereocenters. The molecule has 0 saturated heterocycles. The predicted molar refractivity (Wildman–Crippen MR) is 132 cm³/mol. The smallest absolute Gasteiger partial charge is 0.253 e. The molecule has 5 rings (SSSR count). The fraction of sp³-hybridized carbons (Fsp3) is 0.160. The molecule has 1 amide bonds. The normalized spacial score (nSPS) is 16.1. The second-order valence-corrected chi connectivity index (χ2v) is 7.78. The van der Waals surface area contributed by atoms with E-state index < -0.39 is 0 Å². The Balaban J connectivity index is 1.10. The number of fused-ring (bicyclic) bond motifs is 3. The molecule has 0 saturated carbocycles. The van der Waals surface area contributed by atoms with Crippen molar-refractivity contribution in [1.29, 1.82) is 0 Å². The van der Waals surface area contributed by atoms with Crippen LogP contribution in [-0.2, 0) is 4.74 Å². The zero-order valence-electron chi connectivity index (χ0n) is 18.4. The molecule has 0 fully saturated rings. The highest BCUT2D eigenvalue weighted by Crippen LogP contribution is 2.22. The number of aromatic nitrogens is 1. The number of hydrogen-bond acceptors (Lipinski definition) is 5. The van der Waals surface area contributed by atoms with Crippen molar-refractivity contribution in [2.24, 2.45) is 4.99 Å². The van der Waals surface area contributed by atoms with Gasteiger partial charge in [0.25, 0.3) is 5.91 Å². The molecule has 0 spiro atoms. The van der Waals surface area contributed by atoms with Gasteiger partial charge in [0.05, 0.1) is 36.4 Å². The number of nitrogens with one attached hydrogen (secondary N) is 4. The van der Waals surface area contributed by atoms with E-state index in [0.717, 1.165) is 22.0 Å². The summed E-state index contributed by atoms with van der Waals surface area (Å²) in [5.74, 6) is 0.210. The van der Waals surface area contributed by atoms with Crippen LogP contribution in [0.5, 0.6) is 0 Å². The fourth-order valence-electron chi connectivity index (χ4n) is 3.84. The van der Waals surface area contributed by atoms with Gasteiger partial charge in [0.1, 0.15) is 5.69 Å². The lowest BCUT2D eigenvalue weighted by Crippen LogP contribution is -3.11. The maximum Gasteiger partial charge on any atom is 0.253 e. The molecule has 0 radical (unpaired) electrons. The lowest BCUT2D eigenvalue weighted by molar-refractivity contribution is -0.816. The van der Waals surface area contributed by atoms with E-state index >= 15 is 0 Å². The van der Waals surface area contributed by atoms with Gasteiger partial charge in [0.15, 0.2) is 5.69 Å². The zero-order valence-corrected chi connectivity index (χ0v) is 18.4. The van der Waals surface area contributed by atoms with E-state index in [9.17, 15) is 10.0 Å². The van der Waals surface area contributed by atoms with Gasteiger partial charge in [-0.25, -0.2) is 15.1 Å². The molecule has 9 nitrogen and oxygen atoms in total. The number of carbonyl (C=O) groups excluding carboxylic acids is 1. The second-order valence-electron chi connectivity index (χ2n) is 7.78. The number of guanidine groups is 1. The van der Waals surface area contributed by atoms with E-state index in [1.54, 1.807) is 12.1 Å². The monoisotopic (exact) mass is 456 g/mol. The van der Waals surface area contributed by atoms with Crippen molar-refractivity contribution in [2.75, 3.05) is 31.6 Å². The van der Waals surface area contributed by atoms with Crippen LogP contribution in [0.25, 0.3) is 21.8 Å². The topological polar surface area (TPSA) is 115 Å². The lowest BCUT2D eigenvalue weighted by Gasteiger charge is -2.30. The number of hydrogen-bond donors (Lipinski definition) is 4. The minimum absolute atomic E-state index is 0.187. The number of carbonyl (C=O) groups is 1. The van der Waals surface area contributed by atoms with Crippen LogP contribution in [-0.4, -0.2) is 43.2 Å². The Hall–Kier alpha value is -4.05. The lowest BCUT2D eigenvalue weighted by atomic mass is 10.1. The third-order valence-corrected chi connectivity index (χ3v) is 5.49. The summed E-state index contributed by atoms with van der Waals surface area (Å²) in [4.78, 5) is 21.8. The van der Waals surface area contributed by atoms with Gasteiger partial charge in [-0.15, -0.1) is 0 Å². The Kier molecular flexibility index (Phi) is 6.30. The maximum absolute atomic E-state index is 12.7. The highest BCUT2D eigenvalue weighted by Gasteiger charge is 2.18. The van der Waals surface area contributed by atoms with E-state index in [1.807, 2.05) is 60.7 Å². The molecule has 3 aromatic carbocycles. The van der Waals surface area contributed by atoms with Crippen LogP contribution in [0.3, 0.4) is 0 Å². The Morgan fingerprint density at radius 1 is 1.03 bits per heavy atom. The molecule has 4 aromatic rings. The van der Waals surface area contributed by atoms with Crippen molar-refractivity contribution < 1.29 is 14.7 Å². The highest BCUT2D eigenvalue weighted by molar-refractivity contribution is 6.07. The van der Waals surface area contributed by atoms with Crippen molar-refractivity contribution in [3.63, 3.8) is 0 Å². The van der Waals surface area contributed by atoms with E-state index in [-0.39, 0.29) is 11.1 Å². The first kappa shape index (κ1) is 21.8. The van der Waals surface area contributed by atoms with Crippen molar-refractivity contribution >= 4 is 45.0 Å².